The molecule has 0 aliphatic carbocycles. The Morgan fingerprint density at radius 1 is 1.08 bits per heavy atom. The number of hydrogen-bond donors (Lipinski definition) is 0. The van der Waals surface area contributed by atoms with Crippen LogP contribution < -0.4 is 4.74 Å². The van der Waals surface area contributed by atoms with E-state index in [2.05, 4.69) is 10.1 Å². The third kappa shape index (κ3) is 2.37. The lowest BCUT2D eigenvalue weighted by molar-refractivity contribution is -0.141. The van der Waals surface area contributed by atoms with Gasteiger partial charge in [0.1, 0.15) is 0 Å². The van der Waals surface area contributed by atoms with Crippen LogP contribution in [-0.4, -0.2) is 28.8 Å². The molecule has 4 rings (SSSR count). The summed E-state index contributed by atoms with van der Waals surface area (Å²) in [5.41, 5.74) is 1.55. The van der Waals surface area contributed by atoms with E-state index in [1.54, 1.807) is 30.3 Å². The molecule has 3 heterocycles. The average Bonchev–Trinajstić information content (AvgIpc) is 3.18. The first-order chi connectivity index (χ1) is 11.9. The van der Waals surface area contributed by atoms with E-state index in [1.165, 1.54) is 13.3 Å². The first-order valence-electron chi connectivity index (χ1n) is 7.25. The fourth-order valence-electron chi connectivity index (χ4n) is 2.82. The van der Waals surface area contributed by atoms with E-state index in [4.69, 9.17) is 4.74 Å². The summed E-state index contributed by atoms with van der Waals surface area (Å²) in [6.07, 6.45) is -3.12. The summed E-state index contributed by atoms with van der Waals surface area (Å²) in [6.45, 7) is 0. The van der Waals surface area contributed by atoms with Gasteiger partial charge in [-0.1, -0.05) is 6.07 Å². The van der Waals surface area contributed by atoms with Crippen LogP contribution in [0.4, 0.5) is 13.2 Å². The second kappa shape index (κ2) is 5.17. The van der Waals surface area contributed by atoms with E-state index in [0.29, 0.717) is 22.3 Å². The molecule has 0 N–H and O–H groups in total. The van der Waals surface area contributed by atoms with Crippen LogP contribution in [0.5, 0.6) is 5.88 Å². The summed E-state index contributed by atoms with van der Waals surface area (Å²) in [4.78, 5) is 15.3. The van der Waals surface area contributed by atoms with Gasteiger partial charge < -0.3 is 4.74 Å². The Morgan fingerprint density at radius 2 is 1.84 bits per heavy atom. The molecule has 1 aliphatic heterocycles. The molecule has 8 heteroatoms. The molecule has 0 saturated heterocycles. The van der Waals surface area contributed by atoms with Gasteiger partial charge in [-0.2, -0.15) is 22.8 Å². The molecule has 5 nitrogen and oxygen atoms in total. The molecule has 0 unspecified atom stereocenters. The minimum atomic E-state index is -4.56. The average molecular weight is 345 g/mol. The highest BCUT2D eigenvalue weighted by Crippen LogP contribution is 2.35. The lowest BCUT2D eigenvalue weighted by atomic mass is 10.00. The van der Waals surface area contributed by atoms with Crippen LogP contribution >= 0.6 is 0 Å². The van der Waals surface area contributed by atoms with Crippen LogP contribution in [0.2, 0.25) is 0 Å². The molecule has 0 spiro atoms. The van der Waals surface area contributed by atoms with Crippen molar-refractivity contribution in [2.75, 3.05) is 7.11 Å². The fraction of sp³-hybridized carbons (Fsp3) is 0.118. The first-order valence-corrected chi connectivity index (χ1v) is 7.25. The Hall–Kier alpha value is -3.16. The molecular weight excluding hydrogens is 335 g/mol. The molecule has 1 aliphatic rings. The SMILES string of the molecule is COc1ccc(-c2ccc3c(c2)C=NC3=O)c2cc(C(F)(F)F)nn12. The third-order valence-corrected chi connectivity index (χ3v) is 4.00. The highest BCUT2D eigenvalue weighted by molar-refractivity contribution is 6.13. The number of fused-ring (bicyclic) bond motifs is 2. The van der Waals surface area contributed by atoms with Gasteiger partial charge in [0.2, 0.25) is 5.88 Å². The van der Waals surface area contributed by atoms with Crippen molar-refractivity contribution in [2.24, 2.45) is 4.99 Å². The Morgan fingerprint density at radius 3 is 2.56 bits per heavy atom. The monoisotopic (exact) mass is 345 g/mol. The number of rotatable bonds is 2. The number of ether oxygens (including phenoxy) is 1. The standard InChI is InChI=1S/C17H10F3N3O2/c1-25-15-5-4-11(13-7-14(17(18,19)20)22-23(13)15)9-2-3-12-10(6-9)8-21-16(12)24/h2-8H,1H3. The van der Waals surface area contributed by atoms with E-state index in [-0.39, 0.29) is 17.3 Å². The largest absolute Gasteiger partial charge is 0.481 e. The summed E-state index contributed by atoms with van der Waals surface area (Å²) < 4.78 is 45.4. The molecule has 0 atom stereocenters. The van der Waals surface area contributed by atoms with Crippen LogP contribution in [0.1, 0.15) is 21.6 Å². The zero-order chi connectivity index (χ0) is 17.8. The molecule has 1 amide bonds. The van der Waals surface area contributed by atoms with Crippen molar-refractivity contribution in [2.45, 2.75) is 6.18 Å². The lowest BCUT2D eigenvalue weighted by Gasteiger charge is -2.09. The topological polar surface area (TPSA) is 56.0 Å². The van der Waals surface area contributed by atoms with Gasteiger partial charge >= 0.3 is 6.18 Å². The Labute approximate surface area is 139 Å². The van der Waals surface area contributed by atoms with E-state index >= 15 is 0 Å². The number of aromatic nitrogens is 2. The van der Waals surface area contributed by atoms with Gasteiger partial charge in [0, 0.05) is 23.4 Å². The Bertz CT molecular complexity index is 1050. The molecule has 0 radical (unpaired) electrons. The summed E-state index contributed by atoms with van der Waals surface area (Å²) >= 11 is 0. The number of halogens is 3. The molecule has 0 saturated carbocycles. The maximum absolute atomic E-state index is 13.0. The van der Waals surface area contributed by atoms with E-state index in [9.17, 15) is 18.0 Å². The second-order valence-electron chi connectivity index (χ2n) is 5.48. The molecule has 2 aromatic heterocycles. The van der Waals surface area contributed by atoms with Gasteiger partial charge in [0.15, 0.2) is 5.69 Å². The minimum absolute atomic E-state index is 0.187. The van der Waals surface area contributed by atoms with Crippen LogP contribution in [0, 0.1) is 0 Å². The summed E-state index contributed by atoms with van der Waals surface area (Å²) in [7, 11) is 1.36. The number of carbonyl (C=O) groups is 1. The molecule has 126 valence electrons. The number of carbonyl (C=O) groups excluding carboxylic acids is 1. The summed E-state index contributed by atoms with van der Waals surface area (Å²) in [5, 5.41) is 3.61. The maximum atomic E-state index is 13.0. The number of alkyl halides is 3. The number of aliphatic imine (C=N–C) groups is 1. The van der Waals surface area contributed by atoms with Gasteiger partial charge in [-0.25, -0.2) is 4.99 Å². The van der Waals surface area contributed by atoms with Gasteiger partial charge in [0.25, 0.3) is 5.91 Å². The number of methoxy groups -OCH3 is 1. The molecule has 1 aromatic carbocycles. The summed E-state index contributed by atoms with van der Waals surface area (Å²) in [6, 6.07) is 9.18. The maximum Gasteiger partial charge on any atom is 0.435 e. The third-order valence-electron chi connectivity index (χ3n) is 4.00. The van der Waals surface area contributed by atoms with E-state index in [1.807, 2.05) is 0 Å². The highest BCUT2D eigenvalue weighted by Gasteiger charge is 2.35. The second-order valence-corrected chi connectivity index (χ2v) is 5.48. The van der Waals surface area contributed by atoms with Gasteiger partial charge in [-0.3, -0.25) is 4.79 Å². The quantitative estimate of drug-likeness (QED) is 0.713. The predicted octanol–water partition coefficient (Wildman–Crippen LogP) is 3.60. The predicted molar refractivity (Wildman–Crippen MR) is 84.1 cm³/mol. The summed E-state index contributed by atoms with van der Waals surface area (Å²) in [5.74, 6) is -0.141. The van der Waals surface area contributed by atoms with Crippen molar-refractivity contribution < 1.29 is 22.7 Å². The first kappa shape index (κ1) is 15.4. The van der Waals surface area contributed by atoms with Crippen LogP contribution in [0.3, 0.4) is 0 Å². The van der Waals surface area contributed by atoms with Crippen molar-refractivity contribution in [3.8, 4) is 17.0 Å². The van der Waals surface area contributed by atoms with Crippen molar-refractivity contribution in [1.82, 2.24) is 9.61 Å². The number of pyridine rings is 1. The number of amides is 1. The molecular formula is C17H10F3N3O2. The van der Waals surface area contributed by atoms with E-state index < -0.39 is 11.9 Å². The fourth-order valence-corrected chi connectivity index (χ4v) is 2.82. The van der Waals surface area contributed by atoms with Crippen LogP contribution in [-0.2, 0) is 6.18 Å². The zero-order valence-corrected chi connectivity index (χ0v) is 12.8. The normalized spacial score (nSPS) is 13.5. The van der Waals surface area contributed by atoms with Gasteiger partial charge in [-0.15, -0.1) is 0 Å². The molecule has 25 heavy (non-hydrogen) atoms. The number of nitrogens with zero attached hydrogens (tertiary/aromatic N) is 3. The Balaban J connectivity index is 1.95. The molecule has 0 bridgehead atoms. The van der Waals surface area contributed by atoms with E-state index in [0.717, 1.165) is 10.6 Å². The van der Waals surface area contributed by atoms with Crippen molar-refractivity contribution in [3.63, 3.8) is 0 Å². The Kier molecular flexibility index (Phi) is 3.18. The van der Waals surface area contributed by atoms with Gasteiger partial charge in [0.05, 0.1) is 18.2 Å². The van der Waals surface area contributed by atoms with Crippen molar-refractivity contribution in [3.05, 3.63) is 53.2 Å². The number of hydrogen-bond acceptors (Lipinski definition) is 3. The highest BCUT2D eigenvalue weighted by atomic mass is 19.4. The minimum Gasteiger partial charge on any atom is -0.481 e. The smallest absolute Gasteiger partial charge is 0.435 e. The van der Waals surface area contributed by atoms with Gasteiger partial charge in [-0.05, 0) is 29.8 Å². The van der Waals surface area contributed by atoms with Crippen molar-refractivity contribution in [1.29, 1.82) is 0 Å². The van der Waals surface area contributed by atoms with Crippen LogP contribution in [0.15, 0.2) is 41.4 Å². The molecule has 0 fully saturated rings. The zero-order valence-electron chi connectivity index (χ0n) is 12.8. The van der Waals surface area contributed by atoms with Crippen LogP contribution in [0.25, 0.3) is 16.6 Å². The lowest BCUT2D eigenvalue weighted by Crippen LogP contribution is -2.06. The molecule has 3 aromatic rings. The number of benzene rings is 1. The van der Waals surface area contributed by atoms with Crippen molar-refractivity contribution >= 4 is 17.6 Å².